The van der Waals surface area contributed by atoms with E-state index in [-0.39, 0.29) is 11.5 Å². The molecule has 2 heterocycles. The van der Waals surface area contributed by atoms with Crippen LogP contribution >= 0.6 is 23.8 Å². The average Bonchev–Trinajstić information content (AvgIpc) is 2.90. The average molecular weight is 521 g/mol. The van der Waals surface area contributed by atoms with Gasteiger partial charge in [0.15, 0.2) is 4.77 Å². The van der Waals surface area contributed by atoms with E-state index in [0.29, 0.717) is 52.6 Å². The van der Waals surface area contributed by atoms with Crippen LogP contribution in [0, 0.1) is 4.77 Å². The van der Waals surface area contributed by atoms with E-state index in [1.54, 1.807) is 22.8 Å². The van der Waals surface area contributed by atoms with E-state index in [1.165, 1.54) is 0 Å². The Morgan fingerprint density at radius 1 is 1.03 bits per heavy atom. The van der Waals surface area contributed by atoms with Gasteiger partial charge in [0, 0.05) is 35.9 Å². The lowest BCUT2D eigenvalue weighted by molar-refractivity contribution is 0.0951. The van der Waals surface area contributed by atoms with Crippen LogP contribution in [0.5, 0.6) is 0 Å². The van der Waals surface area contributed by atoms with Crippen molar-refractivity contribution in [3.63, 3.8) is 0 Å². The number of rotatable bonds is 6. The highest BCUT2D eigenvalue weighted by molar-refractivity contribution is 7.71. The van der Waals surface area contributed by atoms with Crippen LogP contribution in [-0.2, 0) is 17.8 Å². The van der Waals surface area contributed by atoms with Gasteiger partial charge in [0.1, 0.15) is 0 Å². The molecule has 1 aliphatic heterocycles. The molecule has 2 N–H and O–H groups in total. The lowest BCUT2D eigenvalue weighted by Crippen LogP contribution is -2.36. The molecule has 3 aromatic carbocycles. The predicted octanol–water partition coefficient (Wildman–Crippen LogP) is 4.53. The quantitative estimate of drug-likeness (QED) is 0.365. The summed E-state index contributed by atoms with van der Waals surface area (Å²) >= 11 is 11.5. The highest BCUT2D eigenvalue weighted by atomic mass is 35.5. The summed E-state index contributed by atoms with van der Waals surface area (Å²) in [6.45, 7) is 3.62. The molecule has 1 aromatic heterocycles. The molecule has 0 radical (unpaired) electrons. The topological polar surface area (TPSA) is 79.4 Å². The van der Waals surface area contributed by atoms with Crippen molar-refractivity contribution in [3.05, 3.63) is 104 Å². The number of hydrogen-bond donors (Lipinski definition) is 2. The van der Waals surface area contributed by atoms with Gasteiger partial charge in [0.05, 0.1) is 30.7 Å². The molecule has 0 spiro atoms. The van der Waals surface area contributed by atoms with Crippen molar-refractivity contribution in [3.8, 4) is 0 Å². The van der Waals surface area contributed by atoms with Crippen molar-refractivity contribution in [2.24, 2.45) is 0 Å². The number of amides is 1. The van der Waals surface area contributed by atoms with Gasteiger partial charge >= 0.3 is 0 Å². The second kappa shape index (κ2) is 10.7. The van der Waals surface area contributed by atoms with Gasteiger partial charge in [-0.05, 0) is 65.8 Å². The van der Waals surface area contributed by atoms with Gasteiger partial charge in [-0.2, -0.15) is 0 Å². The van der Waals surface area contributed by atoms with Gasteiger partial charge in [-0.15, -0.1) is 0 Å². The van der Waals surface area contributed by atoms with Crippen LogP contribution in [-0.4, -0.2) is 41.8 Å². The van der Waals surface area contributed by atoms with Gasteiger partial charge in [-0.1, -0.05) is 35.9 Å². The Kier molecular flexibility index (Phi) is 7.18. The van der Waals surface area contributed by atoms with Crippen molar-refractivity contribution in [2.45, 2.75) is 13.1 Å². The molecule has 0 saturated carbocycles. The Labute approximate surface area is 218 Å². The Balaban J connectivity index is 1.33. The summed E-state index contributed by atoms with van der Waals surface area (Å²) < 4.78 is 7.34. The third-order valence-electron chi connectivity index (χ3n) is 6.24. The van der Waals surface area contributed by atoms with Gasteiger partial charge in [-0.25, -0.2) is 0 Å². The molecule has 7 nitrogen and oxygen atoms in total. The van der Waals surface area contributed by atoms with E-state index >= 15 is 0 Å². The van der Waals surface area contributed by atoms with Gasteiger partial charge < -0.3 is 19.9 Å². The smallest absolute Gasteiger partial charge is 0.262 e. The molecular formula is C27H25ClN4O3S. The number of carbonyl (C=O) groups excluding carboxylic acids is 1. The van der Waals surface area contributed by atoms with Crippen LogP contribution in [0.4, 0.5) is 5.69 Å². The highest BCUT2D eigenvalue weighted by Gasteiger charge is 2.14. The number of anilines is 1. The third kappa shape index (κ3) is 5.36. The van der Waals surface area contributed by atoms with E-state index in [0.717, 1.165) is 29.9 Å². The molecule has 0 aliphatic carbocycles. The normalized spacial score (nSPS) is 13.6. The van der Waals surface area contributed by atoms with E-state index in [4.69, 9.17) is 28.6 Å². The molecule has 0 unspecified atom stereocenters. The highest BCUT2D eigenvalue weighted by Crippen LogP contribution is 2.20. The van der Waals surface area contributed by atoms with Crippen molar-refractivity contribution >= 4 is 46.3 Å². The first-order valence-electron chi connectivity index (χ1n) is 11.7. The summed E-state index contributed by atoms with van der Waals surface area (Å²) in [5.74, 6) is -0.183. The number of benzene rings is 3. The second-order valence-electron chi connectivity index (χ2n) is 8.66. The number of morpholine rings is 1. The van der Waals surface area contributed by atoms with Crippen molar-refractivity contribution < 1.29 is 9.53 Å². The largest absolute Gasteiger partial charge is 0.378 e. The van der Waals surface area contributed by atoms with E-state index in [2.05, 4.69) is 15.2 Å². The second-order valence-corrected chi connectivity index (χ2v) is 9.48. The van der Waals surface area contributed by atoms with Gasteiger partial charge in [0.25, 0.3) is 11.5 Å². The molecule has 1 saturated heterocycles. The van der Waals surface area contributed by atoms with Crippen LogP contribution in [0.3, 0.4) is 0 Å². The predicted molar refractivity (Wildman–Crippen MR) is 145 cm³/mol. The first kappa shape index (κ1) is 24.2. The Hall–Kier alpha value is -3.46. The fourth-order valence-electron chi connectivity index (χ4n) is 4.28. The monoisotopic (exact) mass is 520 g/mol. The summed E-state index contributed by atoms with van der Waals surface area (Å²) in [5, 5.41) is 4.11. The molecule has 1 fully saturated rings. The summed E-state index contributed by atoms with van der Waals surface area (Å²) in [7, 11) is 0. The fraction of sp³-hybridized carbons (Fsp3) is 0.222. The van der Waals surface area contributed by atoms with E-state index < -0.39 is 0 Å². The molecule has 0 bridgehead atoms. The third-order valence-corrected chi connectivity index (χ3v) is 6.80. The zero-order chi connectivity index (χ0) is 25.1. The molecule has 4 aromatic rings. The van der Waals surface area contributed by atoms with Crippen LogP contribution in [0.25, 0.3) is 10.9 Å². The summed E-state index contributed by atoms with van der Waals surface area (Å²) in [5.41, 5.74) is 3.89. The first-order valence-corrected chi connectivity index (χ1v) is 12.5. The van der Waals surface area contributed by atoms with E-state index in [9.17, 15) is 9.59 Å². The van der Waals surface area contributed by atoms with Crippen LogP contribution in [0.2, 0.25) is 5.02 Å². The number of carbonyl (C=O) groups is 1. The number of nitrogens with one attached hydrogen (secondary N) is 2. The lowest BCUT2D eigenvalue weighted by Gasteiger charge is -2.29. The Morgan fingerprint density at radius 2 is 1.81 bits per heavy atom. The molecule has 36 heavy (non-hydrogen) atoms. The number of nitrogens with zero attached hydrogens (tertiary/aromatic N) is 2. The summed E-state index contributed by atoms with van der Waals surface area (Å²) in [6.07, 6.45) is 0. The number of aromatic amines is 1. The van der Waals surface area contributed by atoms with Gasteiger partial charge in [0.2, 0.25) is 0 Å². The minimum atomic E-state index is -0.183. The minimum Gasteiger partial charge on any atom is -0.378 e. The molecule has 0 atom stereocenters. The standard InChI is InChI=1S/C27H25ClN4O3S/c28-21-3-1-2-19(14-21)16-29-25(33)20-6-4-18(5-7-20)17-32-26(34)23-15-22(31-10-12-35-13-11-31)8-9-24(23)30-27(32)36/h1-9,14-15H,10-13,16-17H2,(H,29,33)(H,30,36). The summed E-state index contributed by atoms with van der Waals surface area (Å²) in [4.78, 5) is 31.3. The number of ether oxygens (including phenoxy) is 1. The Morgan fingerprint density at radius 3 is 2.56 bits per heavy atom. The number of halogens is 1. The molecule has 1 aliphatic rings. The molecule has 1 amide bonds. The van der Waals surface area contributed by atoms with Crippen molar-refractivity contribution in [2.75, 3.05) is 31.2 Å². The zero-order valence-electron chi connectivity index (χ0n) is 19.5. The first-order chi connectivity index (χ1) is 17.5. The lowest BCUT2D eigenvalue weighted by atomic mass is 10.1. The molecule has 184 valence electrons. The number of fused-ring (bicyclic) bond motifs is 1. The molecular weight excluding hydrogens is 496 g/mol. The molecule has 9 heteroatoms. The fourth-order valence-corrected chi connectivity index (χ4v) is 4.75. The van der Waals surface area contributed by atoms with Crippen LogP contribution in [0.15, 0.2) is 71.5 Å². The minimum absolute atomic E-state index is 0.146. The Bertz CT molecular complexity index is 1530. The maximum atomic E-state index is 13.4. The van der Waals surface area contributed by atoms with E-state index in [1.807, 2.05) is 48.5 Å². The summed E-state index contributed by atoms with van der Waals surface area (Å²) in [6, 6.07) is 20.4. The van der Waals surface area contributed by atoms with Crippen LogP contribution in [0.1, 0.15) is 21.5 Å². The number of aromatic nitrogens is 2. The number of hydrogen-bond acceptors (Lipinski definition) is 5. The van der Waals surface area contributed by atoms with Gasteiger partial charge in [-0.3, -0.25) is 14.2 Å². The van der Waals surface area contributed by atoms with Crippen molar-refractivity contribution in [1.82, 2.24) is 14.9 Å². The molecule has 5 rings (SSSR count). The SMILES string of the molecule is O=C(NCc1cccc(Cl)c1)c1ccc(Cn2c(=S)[nH]c3ccc(N4CCOCC4)cc3c2=O)cc1. The van der Waals surface area contributed by atoms with Crippen molar-refractivity contribution in [1.29, 1.82) is 0 Å². The van der Waals surface area contributed by atoms with Crippen LogP contribution < -0.4 is 15.8 Å². The zero-order valence-corrected chi connectivity index (χ0v) is 21.1. The maximum absolute atomic E-state index is 13.4. The maximum Gasteiger partial charge on any atom is 0.262 e. The number of H-pyrrole nitrogens is 1.